The number of rotatable bonds is 4. The van der Waals surface area contributed by atoms with E-state index in [4.69, 9.17) is 4.74 Å². The highest BCUT2D eigenvalue weighted by Gasteiger charge is 2.14. The number of ketones is 1. The van der Waals surface area contributed by atoms with Crippen LogP contribution >= 0.6 is 15.9 Å². The van der Waals surface area contributed by atoms with Gasteiger partial charge in [-0.3, -0.25) is 4.79 Å². The Morgan fingerprint density at radius 3 is 2.45 bits per heavy atom. The molecule has 0 aliphatic carbocycles. The Morgan fingerprint density at radius 2 is 1.80 bits per heavy atom. The molecule has 0 saturated heterocycles. The Balaban J connectivity index is 2.09. The lowest BCUT2D eigenvalue weighted by atomic mass is 10.1. The van der Waals surface area contributed by atoms with Crippen LogP contribution in [0.4, 0.5) is 0 Å². The smallest absolute Gasteiger partial charge is 0.203 e. The molecule has 0 saturated carbocycles. The summed E-state index contributed by atoms with van der Waals surface area (Å²) in [5, 5.41) is 19.1. The molecular weight excluding hydrogens is 324 g/mol. The van der Waals surface area contributed by atoms with Gasteiger partial charge in [0.2, 0.25) is 5.78 Å². The number of hydrogen-bond donors (Lipinski definition) is 2. The second kappa shape index (κ2) is 5.96. The van der Waals surface area contributed by atoms with E-state index in [-0.39, 0.29) is 29.5 Å². The summed E-state index contributed by atoms with van der Waals surface area (Å²) >= 11 is 3.31. The van der Waals surface area contributed by atoms with Crippen LogP contribution < -0.4 is 4.74 Å². The van der Waals surface area contributed by atoms with Crippen molar-refractivity contribution >= 4 is 21.7 Å². The molecule has 0 unspecified atom stereocenters. The number of phenolic OH excluding ortho intramolecular Hbond substituents is 2. The highest BCUT2D eigenvalue weighted by atomic mass is 79.9. The normalized spacial score (nSPS) is 10.3. The number of halogens is 1. The second-order valence-electron chi connectivity index (χ2n) is 4.32. The van der Waals surface area contributed by atoms with E-state index in [1.165, 1.54) is 6.07 Å². The van der Waals surface area contributed by atoms with Gasteiger partial charge in [0, 0.05) is 10.5 Å². The van der Waals surface area contributed by atoms with Crippen LogP contribution in [0.3, 0.4) is 0 Å². The molecule has 0 aliphatic heterocycles. The number of hydrogen-bond acceptors (Lipinski definition) is 4. The fourth-order valence-corrected chi connectivity index (χ4v) is 1.93. The highest BCUT2D eigenvalue weighted by Crippen LogP contribution is 2.27. The lowest BCUT2D eigenvalue weighted by Crippen LogP contribution is -2.12. The van der Waals surface area contributed by atoms with E-state index in [1.54, 1.807) is 19.1 Å². The van der Waals surface area contributed by atoms with Crippen LogP contribution in [0.1, 0.15) is 15.9 Å². The average molecular weight is 337 g/mol. The molecule has 2 aromatic carbocycles. The molecule has 2 aromatic rings. The van der Waals surface area contributed by atoms with Crippen LogP contribution in [-0.2, 0) is 0 Å². The van der Waals surface area contributed by atoms with Crippen molar-refractivity contribution < 1.29 is 19.7 Å². The van der Waals surface area contributed by atoms with Gasteiger partial charge in [-0.2, -0.15) is 0 Å². The minimum atomic E-state index is -0.353. The van der Waals surface area contributed by atoms with Gasteiger partial charge in [0.15, 0.2) is 6.61 Å². The van der Waals surface area contributed by atoms with Crippen molar-refractivity contribution in [1.82, 2.24) is 0 Å². The summed E-state index contributed by atoms with van der Waals surface area (Å²) < 4.78 is 6.28. The molecular formula is C15H13BrO4. The molecule has 104 valence electrons. The molecule has 0 amide bonds. The van der Waals surface area contributed by atoms with Crippen LogP contribution in [0.25, 0.3) is 0 Å². The third kappa shape index (κ3) is 3.30. The van der Waals surface area contributed by atoms with Gasteiger partial charge in [0.05, 0.1) is 5.56 Å². The zero-order valence-electron chi connectivity index (χ0n) is 10.8. The van der Waals surface area contributed by atoms with Gasteiger partial charge < -0.3 is 14.9 Å². The van der Waals surface area contributed by atoms with Gasteiger partial charge in [-0.15, -0.1) is 0 Å². The number of Topliss-reactive ketones (excluding diaryl/α,β-unsaturated/α-hetero) is 1. The zero-order valence-corrected chi connectivity index (χ0v) is 12.3. The standard InChI is InChI=1S/C15H13BrO4/c1-9-6-12(14(18)7-13(9)17)15(19)8-20-11-4-2-10(16)3-5-11/h2-7,17-18H,8H2,1H3. The third-order valence-electron chi connectivity index (χ3n) is 2.80. The first-order valence-corrected chi connectivity index (χ1v) is 6.71. The topological polar surface area (TPSA) is 66.8 Å². The first-order valence-electron chi connectivity index (χ1n) is 5.91. The molecule has 2 rings (SSSR count). The first kappa shape index (κ1) is 14.4. The van der Waals surface area contributed by atoms with Crippen LogP contribution in [0.2, 0.25) is 0 Å². The van der Waals surface area contributed by atoms with Gasteiger partial charge in [0.1, 0.15) is 17.2 Å². The fraction of sp³-hybridized carbons (Fsp3) is 0.133. The predicted molar refractivity (Wildman–Crippen MR) is 78.5 cm³/mol. The summed E-state index contributed by atoms with van der Waals surface area (Å²) in [5.41, 5.74) is 0.659. The van der Waals surface area contributed by atoms with Gasteiger partial charge in [-0.05, 0) is 42.8 Å². The summed E-state index contributed by atoms with van der Waals surface area (Å²) in [6.07, 6.45) is 0. The molecule has 0 spiro atoms. The molecule has 2 N–H and O–H groups in total. The Labute approximate surface area is 124 Å². The summed E-state index contributed by atoms with van der Waals surface area (Å²) in [6.45, 7) is 1.47. The number of carbonyl (C=O) groups excluding carboxylic acids is 1. The quantitative estimate of drug-likeness (QED) is 0.839. The highest BCUT2D eigenvalue weighted by molar-refractivity contribution is 9.10. The maximum absolute atomic E-state index is 12.0. The molecule has 0 bridgehead atoms. The summed E-state index contributed by atoms with van der Waals surface area (Å²) in [5.74, 6) is -0.0876. The minimum Gasteiger partial charge on any atom is -0.508 e. The van der Waals surface area contributed by atoms with Crippen LogP contribution in [-0.4, -0.2) is 22.6 Å². The molecule has 20 heavy (non-hydrogen) atoms. The van der Waals surface area contributed by atoms with Gasteiger partial charge in [-0.1, -0.05) is 15.9 Å². The molecule has 0 aromatic heterocycles. The van der Waals surface area contributed by atoms with E-state index in [1.807, 2.05) is 12.1 Å². The third-order valence-corrected chi connectivity index (χ3v) is 3.33. The second-order valence-corrected chi connectivity index (χ2v) is 5.24. The molecule has 0 fully saturated rings. The number of carbonyl (C=O) groups is 1. The molecule has 4 nitrogen and oxygen atoms in total. The number of ether oxygens (including phenoxy) is 1. The van der Waals surface area contributed by atoms with Crippen molar-refractivity contribution in [3.63, 3.8) is 0 Å². The molecule has 0 radical (unpaired) electrons. The van der Waals surface area contributed by atoms with Crippen LogP contribution in [0, 0.1) is 6.92 Å². The van der Waals surface area contributed by atoms with E-state index in [0.29, 0.717) is 11.3 Å². The fourth-order valence-electron chi connectivity index (χ4n) is 1.67. The number of aryl methyl sites for hydroxylation is 1. The van der Waals surface area contributed by atoms with Gasteiger partial charge in [-0.25, -0.2) is 0 Å². The Morgan fingerprint density at radius 1 is 1.15 bits per heavy atom. The molecule has 0 atom stereocenters. The summed E-state index contributed by atoms with van der Waals surface area (Å²) in [4.78, 5) is 12.0. The van der Waals surface area contributed by atoms with E-state index in [2.05, 4.69) is 15.9 Å². The largest absolute Gasteiger partial charge is 0.508 e. The van der Waals surface area contributed by atoms with Gasteiger partial charge >= 0.3 is 0 Å². The maximum Gasteiger partial charge on any atom is 0.203 e. The number of phenols is 2. The van der Waals surface area contributed by atoms with Crippen LogP contribution in [0.15, 0.2) is 40.9 Å². The van der Waals surface area contributed by atoms with E-state index in [0.717, 1.165) is 10.5 Å². The monoisotopic (exact) mass is 336 g/mol. The van der Waals surface area contributed by atoms with Crippen molar-refractivity contribution in [1.29, 1.82) is 0 Å². The SMILES string of the molecule is Cc1cc(C(=O)COc2ccc(Br)cc2)c(O)cc1O. The lowest BCUT2D eigenvalue weighted by Gasteiger charge is -2.08. The first-order chi connectivity index (χ1) is 9.47. The van der Waals surface area contributed by atoms with E-state index < -0.39 is 0 Å². The van der Waals surface area contributed by atoms with Crippen molar-refractivity contribution in [2.75, 3.05) is 6.61 Å². The number of aromatic hydroxyl groups is 2. The predicted octanol–water partition coefficient (Wildman–Crippen LogP) is 3.43. The Hall–Kier alpha value is -2.01. The van der Waals surface area contributed by atoms with Crippen molar-refractivity contribution in [3.8, 4) is 17.2 Å². The summed E-state index contributed by atoms with van der Waals surface area (Å²) in [6, 6.07) is 9.68. The van der Waals surface area contributed by atoms with E-state index >= 15 is 0 Å². The Kier molecular flexibility index (Phi) is 4.29. The molecule has 0 aliphatic rings. The number of benzene rings is 2. The maximum atomic E-state index is 12.0. The van der Waals surface area contributed by atoms with Crippen LogP contribution in [0.5, 0.6) is 17.2 Å². The van der Waals surface area contributed by atoms with Gasteiger partial charge in [0.25, 0.3) is 0 Å². The summed E-state index contributed by atoms with van der Waals surface area (Å²) in [7, 11) is 0. The van der Waals surface area contributed by atoms with Crippen molar-refractivity contribution in [2.24, 2.45) is 0 Å². The molecule has 0 heterocycles. The van der Waals surface area contributed by atoms with Crippen molar-refractivity contribution in [3.05, 3.63) is 52.0 Å². The lowest BCUT2D eigenvalue weighted by molar-refractivity contribution is 0.0918. The zero-order chi connectivity index (χ0) is 14.7. The Bertz CT molecular complexity index is 635. The average Bonchev–Trinajstić information content (AvgIpc) is 2.42. The molecule has 5 heteroatoms. The van der Waals surface area contributed by atoms with E-state index in [9.17, 15) is 15.0 Å². The van der Waals surface area contributed by atoms with Crippen molar-refractivity contribution in [2.45, 2.75) is 6.92 Å². The minimum absolute atomic E-state index is 0.0483.